The molecule has 2 atom stereocenters. The van der Waals surface area contributed by atoms with E-state index in [-0.39, 0.29) is 48.3 Å². The van der Waals surface area contributed by atoms with Crippen molar-refractivity contribution in [2.24, 2.45) is 0 Å². The van der Waals surface area contributed by atoms with Crippen LogP contribution in [0.4, 0.5) is 18.9 Å². The summed E-state index contributed by atoms with van der Waals surface area (Å²) in [5.41, 5.74) is 2.65. The lowest BCUT2D eigenvalue weighted by molar-refractivity contribution is -0.190. The third-order valence-corrected chi connectivity index (χ3v) is 8.91. The van der Waals surface area contributed by atoms with E-state index in [9.17, 15) is 26.4 Å². The molecule has 0 saturated carbocycles. The number of carbonyl (C=O) groups is 1. The highest BCUT2D eigenvalue weighted by Gasteiger charge is 2.46. The van der Waals surface area contributed by atoms with Gasteiger partial charge in [0, 0.05) is 31.6 Å². The molecule has 1 aliphatic heterocycles. The van der Waals surface area contributed by atoms with Crippen LogP contribution in [0.1, 0.15) is 36.7 Å². The van der Waals surface area contributed by atoms with Crippen molar-refractivity contribution in [1.29, 1.82) is 0 Å². The first-order valence-electron chi connectivity index (χ1n) is 11.8. The summed E-state index contributed by atoms with van der Waals surface area (Å²) in [4.78, 5) is 19.0. The molecule has 1 amide bonds. The lowest BCUT2D eigenvalue weighted by Crippen LogP contribution is -2.48. The molecule has 1 N–H and O–H groups in total. The second-order valence-corrected chi connectivity index (χ2v) is 12.4. The van der Waals surface area contributed by atoms with Gasteiger partial charge in [0.2, 0.25) is 5.91 Å². The molecule has 0 bridgehead atoms. The van der Waals surface area contributed by atoms with Gasteiger partial charge < -0.3 is 10.2 Å². The van der Waals surface area contributed by atoms with Crippen LogP contribution in [0.25, 0.3) is 0 Å². The zero-order valence-electron chi connectivity index (χ0n) is 20.5. The quantitative estimate of drug-likeness (QED) is 0.625. The number of likely N-dealkylation sites (N-methyl/N-ethyl adjacent to an activating group) is 1. The summed E-state index contributed by atoms with van der Waals surface area (Å²) in [5, 5.41) is 3.42. The number of rotatable bonds is 6. The molecule has 1 aromatic heterocycles. The summed E-state index contributed by atoms with van der Waals surface area (Å²) in [6.07, 6.45) is -2.56. The third-order valence-electron chi connectivity index (χ3n) is 7.30. The molecule has 2 aromatic rings. The van der Waals surface area contributed by atoms with E-state index in [1.54, 1.807) is 11.0 Å². The van der Waals surface area contributed by atoms with Crippen LogP contribution in [-0.2, 0) is 26.5 Å². The lowest BCUT2D eigenvalue weighted by Gasteiger charge is -2.33. The number of amides is 1. The molecule has 2 heterocycles. The van der Waals surface area contributed by atoms with Crippen LogP contribution in [0.2, 0.25) is 0 Å². The predicted octanol–water partition coefficient (Wildman–Crippen LogP) is 3.19. The minimum absolute atomic E-state index is 0.0542. The van der Waals surface area contributed by atoms with E-state index in [0.29, 0.717) is 10.6 Å². The molecular formula is C25H31F3N4O3S. The Bertz CT molecular complexity index is 1200. The number of carbonyl (C=O) groups excluding carboxylic acids is 1. The number of hydrogen-bond donors (Lipinski definition) is 1. The summed E-state index contributed by atoms with van der Waals surface area (Å²) in [6.45, 7) is 4.24. The SMILES string of the molecule is CN(C(=O)CN1CCS(=O)(=O)CC1)C(c1ccc(N[C@H]2Cc3ccccc3C2(C)C)cn1)C(F)(F)F. The van der Waals surface area contributed by atoms with E-state index in [4.69, 9.17) is 0 Å². The Labute approximate surface area is 209 Å². The number of hydrogen-bond acceptors (Lipinski definition) is 6. The number of fused-ring (bicyclic) bond motifs is 1. The van der Waals surface area contributed by atoms with Gasteiger partial charge in [0.1, 0.15) is 0 Å². The maximum absolute atomic E-state index is 14.0. The van der Waals surface area contributed by atoms with E-state index in [1.165, 1.54) is 23.4 Å². The van der Waals surface area contributed by atoms with Crippen LogP contribution in [0.3, 0.4) is 0 Å². The highest BCUT2D eigenvalue weighted by Crippen LogP contribution is 2.40. The first-order valence-corrected chi connectivity index (χ1v) is 13.7. The van der Waals surface area contributed by atoms with Gasteiger partial charge in [-0.3, -0.25) is 14.7 Å². The number of alkyl halides is 3. The van der Waals surface area contributed by atoms with E-state index >= 15 is 0 Å². The number of pyridine rings is 1. The van der Waals surface area contributed by atoms with Crippen LogP contribution in [0.15, 0.2) is 42.6 Å². The summed E-state index contributed by atoms with van der Waals surface area (Å²) >= 11 is 0. The first-order chi connectivity index (χ1) is 16.8. The number of aromatic nitrogens is 1. The summed E-state index contributed by atoms with van der Waals surface area (Å²) < 4.78 is 65.3. The van der Waals surface area contributed by atoms with E-state index < -0.39 is 28.0 Å². The average Bonchev–Trinajstić information content (AvgIpc) is 3.05. The van der Waals surface area contributed by atoms with Gasteiger partial charge in [-0.2, -0.15) is 13.2 Å². The van der Waals surface area contributed by atoms with Gasteiger partial charge in [0.15, 0.2) is 15.9 Å². The zero-order chi connectivity index (χ0) is 26.3. The van der Waals surface area contributed by atoms with Crippen molar-refractivity contribution in [3.8, 4) is 0 Å². The molecule has 7 nitrogen and oxygen atoms in total. The van der Waals surface area contributed by atoms with Gasteiger partial charge in [-0.1, -0.05) is 38.1 Å². The average molecular weight is 525 g/mol. The minimum atomic E-state index is -4.73. The van der Waals surface area contributed by atoms with Gasteiger partial charge in [-0.25, -0.2) is 8.42 Å². The second-order valence-electron chi connectivity index (χ2n) is 10.1. The highest BCUT2D eigenvalue weighted by atomic mass is 32.2. The van der Waals surface area contributed by atoms with Gasteiger partial charge in [-0.05, 0) is 29.7 Å². The second kappa shape index (κ2) is 9.66. The number of benzene rings is 1. The normalized spacial score (nSPS) is 22.0. The molecule has 1 fully saturated rings. The Morgan fingerprint density at radius 1 is 1.19 bits per heavy atom. The van der Waals surface area contributed by atoms with Crippen LogP contribution < -0.4 is 5.32 Å². The number of nitrogens with one attached hydrogen (secondary N) is 1. The number of sulfone groups is 1. The smallest absolute Gasteiger partial charge is 0.380 e. The van der Waals surface area contributed by atoms with Crippen molar-refractivity contribution in [3.63, 3.8) is 0 Å². The van der Waals surface area contributed by atoms with Gasteiger partial charge in [0.05, 0.1) is 35.6 Å². The maximum atomic E-state index is 14.0. The molecule has 196 valence electrons. The van der Waals surface area contributed by atoms with Crippen LogP contribution in [0, 0.1) is 0 Å². The van der Waals surface area contributed by atoms with E-state index in [1.807, 2.05) is 12.1 Å². The Morgan fingerprint density at radius 3 is 2.44 bits per heavy atom. The summed E-state index contributed by atoms with van der Waals surface area (Å²) in [6, 6.07) is 8.89. The number of halogens is 3. The van der Waals surface area contributed by atoms with Crippen LogP contribution >= 0.6 is 0 Å². The molecular weight excluding hydrogens is 493 g/mol. The topological polar surface area (TPSA) is 82.6 Å². The molecule has 1 aliphatic carbocycles. The fourth-order valence-electron chi connectivity index (χ4n) is 5.02. The standard InChI is InChI=1S/C25H31F3N4O3S/c1-24(2)19-7-5-4-6-17(19)14-21(24)30-18-8-9-20(29-15-18)23(25(26,27)28)31(3)22(33)16-32-10-12-36(34,35)13-11-32/h4-9,15,21,23,30H,10-14,16H2,1-3H3/t21-,23?/m0/s1. The molecule has 36 heavy (non-hydrogen) atoms. The molecule has 0 spiro atoms. The van der Waals surface area contributed by atoms with Crippen molar-refractivity contribution in [2.45, 2.75) is 43.9 Å². The number of nitrogens with zero attached hydrogens (tertiary/aromatic N) is 3. The van der Waals surface area contributed by atoms with Crippen molar-refractivity contribution >= 4 is 21.4 Å². The number of anilines is 1. The minimum Gasteiger partial charge on any atom is -0.380 e. The summed E-state index contributed by atoms with van der Waals surface area (Å²) in [7, 11) is -2.05. The zero-order valence-corrected chi connectivity index (χ0v) is 21.4. The monoisotopic (exact) mass is 524 g/mol. The van der Waals surface area contributed by atoms with Gasteiger partial charge >= 0.3 is 6.18 Å². The maximum Gasteiger partial charge on any atom is 0.414 e. The molecule has 4 rings (SSSR count). The van der Waals surface area contributed by atoms with E-state index in [0.717, 1.165) is 13.5 Å². The Kier molecular flexibility index (Phi) is 7.09. The molecule has 1 unspecified atom stereocenters. The largest absolute Gasteiger partial charge is 0.414 e. The Hall–Kier alpha value is -2.66. The van der Waals surface area contributed by atoms with Crippen molar-refractivity contribution < 1.29 is 26.4 Å². The molecule has 1 aromatic carbocycles. The fourth-order valence-corrected chi connectivity index (χ4v) is 6.29. The summed E-state index contributed by atoms with van der Waals surface area (Å²) in [5.74, 6) is -0.955. The van der Waals surface area contributed by atoms with Crippen molar-refractivity contribution in [1.82, 2.24) is 14.8 Å². The van der Waals surface area contributed by atoms with Crippen molar-refractivity contribution in [3.05, 3.63) is 59.4 Å². The highest BCUT2D eigenvalue weighted by molar-refractivity contribution is 7.91. The van der Waals surface area contributed by atoms with Gasteiger partial charge in [0.25, 0.3) is 0 Å². The first kappa shape index (κ1) is 26.4. The van der Waals surface area contributed by atoms with Gasteiger partial charge in [-0.15, -0.1) is 0 Å². The van der Waals surface area contributed by atoms with E-state index in [2.05, 4.69) is 36.3 Å². The molecule has 0 radical (unpaired) electrons. The Morgan fingerprint density at radius 2 is 1.86 bits per heavy atom. The lowest BCUT2D eigenvalue weighted by atomic mass is 9.83. The predicted molar refractivity (Wildman–Crippen MR) is 131 cm³/mol. The van der Waals surface area contributed by atoms with Crippen LogP contribution in [0.5, 0.6) is 0 Å². The third kappa shape index (κ3) is 5.51. The fraction of sp³-hybridized carbons (Fsp3) is 0.520. The molecule has 2 aliphatic rings. The molecule has 1 saturated heterocycles. The van der Waals surface area contributed by atoms with Crippen molar-refractivity contribution in [2.75, 3.05) is 43.5 Å². The Balaban J connectivity index is 1.46. The molecule has 11 heteroatoms. The van der Waals surface area contributed by atoms with Crippen LogP contribution in [-0.4, -0.2) is 79.5 Å².